The van der Waals surface area contributed by atoms with E-state index in [4.69, 9.17) is 8.83 Å². The number of nitrogens with zero attached hydrogens (tertiary/aromatic N) is 3. The number of likely N-dealkylation sites (tertiary alicyclic amines) is 1. The van der Waals surface area contributed by atoms with Gasteiger partial charge in [-0.2, -0.15) is 0 Å². The zero-order valence-corrected chi connectivity index (χ0v) is 14.4. The monoisotopic (exact) mass is 335 g/mol. The highest BCUT2D eigenvalue weighted by molar-refractivity contribution is 8.00. The maximum atomic E-state index is 12.8. The summed E-state index contributed by atoms with van der Waals surface area (Å²) in [5.74, 6) is 0.992. The molecule has 1 amide bonds. The molecule has 1 saturated heterocycles. The second kappa shape index (κ2) is 6.78. The maximum Gasteiger partial charge on any atom is 0.284 e. The Bertz CT molecular complexity index is 645. The fourth-order valence-electron chi connectivity index (χ4n) is 3.02. The van der Waals surface area contributed by atoms with Gasteiger partial charge in [-0.05, 0) is 52.2 Å². The third kappa shape index (κ3) is 3.44. The van der Waals surface area contributed by atoms with Crippen molar-refractivity contribution in [2.24, 2.45) is 0 Å². The van der Waals surface area contributed by atoms with Crippen LogP contribution in [-0.2, 0) is 4.79 Å². The van der Waals surface area contributed by atoms with Gasteiger partial charge in [-0.15, -0.1) is 10.2 Å². The van der Waals surface area contributed by atoms with Gasteiger partial charge in [0.2, 0.25) is 5.91 Å². The van der Waals surface area contributed by atoms with E-state index in [1.54, 1.807) is 18.4 Å². The zero-order valence-electron chi connectivity index (χ0n) is 13.6. The van der Waals surface area contributed by atoms with Crippen molar-refractivity contribution in [1.29, 1.82) is 0 Å². The number of carbonyl (C=O) groups excluding carboxylic acids is 1. The van der Waals surface area contributed by atoms with Crippen LogP contribution in [0.4, 0.5) is 0 Å². The molecule has 6 nitrogen and oxygen atoms in total. The van der Waals surface area contributed by atoms with Crippen molar-refractivity contribution in [3.63, 3.8) is 0 Å². The van der Waals surface area contributed by atoms with Crippen LogP contribution in [0.5, 0.6) is 0 Å². The number of piperidine rings is 1. The highest BCUT2D eigenvalue weighted by atomic mass is 32.2. The van der Waals surface area contributed by atoms with Gasteiger partial charge in [0, 0.05) is 12.1 Å². The maximum absolute atomic E-state index is 12.8. The highest BCUT2D eigenvalue weighted by Gasteiger charge is 2.32. The van der Waals surface area contributed by atoms with Crippen molar-refractivity contribution in [2.75, 3.05) is 0 Å². The van der Waals surface area contributed by atoms with Gasteiger partial charge in [0.1, 0.15) is 0 Å². The van der Waals surface area contributed by atoms with Crippen LogP contribution in [0, 0.1) is 0 Å². The van der Waals surface area contributed by atoms with Crippen molar-refractivity contribution in [1.82, 2.24) is 15.1 Å². The van der Waals surface area contributed by atoms with Gasteiger partial charge in [0.25, 0.3) is 11.1 Å². The molecule has 0 spiro atoms. The van der Waals surface area contributed by atoms with Crippen LogP contribution >= 0.6 is 11.8 Å². The van der Waals surface area contributed by atoms with Crippen molar-refractivity contribution >= 4 is 17.7 Å². The van der Waals surface area contributed by atoms with Crippen molar-refractivity contribution in [2.45, 2.75) is 62.6 Å². The second-order valence-electron chi connectivity index (χ2n) is 5.98. The summed E-state index contributed by atoms with van der Waals surface area (Å²) in [4.78, 5) is 14.8. The molecule has 0 aliphatic carbocycles. The van der Waals surface area contributed by atoms with E-state index < -0.39 is 0 Å². The number of carbonyl (C=O) groups is 1. The molecular weight excluding hydrogens is 314 g/mol. The molecule has 7 heteroatoms. The summed E-state index contributed by atoms with van der Waals surface area (Å²) < 4.78 is 10.8. The lowest BCUT2D eigenvalue weighted by Gasteiger charge is -2.40. The molecule has 0 radical (unpaired) electrons. The summed E-state index contributed by atoms with van der Waals surface area (Å²) in [6, 6.07) is 4.09. The van der Waals surface area contributed by atoms with Crippen LogP contribution in [0.15, 0.2) is 32.5 Å². The van der Waals surface area contributed by atoms with E-state index in [0.717, 1.165) is 12.8 Å². The Morgan fingerprint density at radius 3 is 2.74 bits per heavy atom. The number of hydrogen-bond acceptors (Lipinski definition) is 6. The minimum absolute atomic E-state index is 0.132. The van der Waals surface area contributed by atoms with E-state index in [0.29, 0.717) is 16.9 Å². The van der Waals surface area contributed by atoms with Crippen LogP contribution in [-0.4, -0.2) is 38.3 Å². The van der Waals surface area contributed by atoms with Crippen LogP contribution < -0.4 is 0 Å². The number of furan rings is 1. The lowest BCUT2D eigenvalue weighted by molar-refractivity contribution is -0.136. The molecule has 2 aromatic rings. The van der Waals surface area contributed by atoms with Gasteiger partial charge >= 0.3 is 0 Å². The Morgan fingerprint density at radius 1 is 1.35 bits per heavy atom. The van der Waals surface area contributed by atoms with Crippen molar-refractivity contribution in [3.8, 4) is 11.7 Å². The van der Waals surface area contributed by atoms with Crippen LogP contribution in [0.25, 0.3) is 11.7 Å². The summed E-state index contributed by atoms with van der Waals surface area (Å²) in [7, 11) is 0. The van der Waals surface area contributed by atoms with E-state index >= 15 is 0 Å². The van der Waals surface area contributed by atoms with Crippen LogP contribution in [0.3, 0.4) is 0 Å². The first-order valence-electron chi connectivity index (χ1n) is 7.92. The highest BCUT2D eigenvalue weighted by Crippen LogP contribution is 2.30. The molecule has 1 aliphatic heterocycles. The SMILES string of the molecule is C[C@@H]1CCC[C@@H](C)N1C(=O)[C@@H](C)Sc1nnc(-c2ccco2)o1. The van der Waals surface area contributed by atoms with Crippen molar-refractivity contribution in [3.05, 3.63) is 18.4 Å². The molecule has 23 heavy (non-hydrogen) atoms. The third-order valence-corrected chi connectivity index (χ3v) is 5.13. The van der Waals surface area contributed by atoms with Gasteiger partial charge < -0.3 is 13.7 Å². The first-order valence-corrected chi connectivity index (χ1v) is 8.80. The van der Waals surface area contributed by atoms with Gasteiger partial charge in [-0.25, -0.2) is 0 Å². The molecular formula is C16H21N3O3S. The Morgan fingerprint density at radius 2 is 2.09 bits per heavy atom. The molecule has 124 valence electrons. The number of thioether (sulfide) groups is 1. The number of rotatable bonds is 4. The van der Waals surface area contributed by atoms with Crippen molar-refractivity contribution < 1.29 is 13.6 Å². The minimum Gasteiger partial charge on any atom is -0.459 e. The average molecular weight is 335 g/mol. The summed E-state index contributed by atoms with van der Waals surface area (Å²) in [6.07, 6.45) is 4.87. The third-order valence-electron chi connectivity index (χ3n) is 4.21. The summed E-state index contributed by atoms with van der Waals surface area (Å²) in [5.41, 5.74) is 0. The van der Waals surface area contributed by atoms with Gasteiger partial charge in [-0.3, -0.25) is 4.79 Å². The van der Waals surface area contributed by atoms with Gasteiger partial charge in [0.05, 0.1) is 11.5 Å². The summed E-state index contributed by atoms with van der Waals surface area (Å²) in [5, 5.41) is 8.07. The van der Waals surface area contributed by atoms with Gasteiger partial charge in [-0.1, -0.05) is 11.8 Å². The van der Waals surface area contributed by atoms with E-state index in [-0.39, 0.29) is 23.2 Å². The van der Waals surface area contributed by atoms with Crippen LogP contribution in [0.2, 0.25) is 0 Å². The fourth-order valence-corrected chi connectivity index (χ4v) is 3.76. The molecule has 3 atom stereocenters. The van der Waals surface area contributed by atoms with Gasteiger partial charge in [0.15, 0.2) is 5.76 Å². The predicted octanol–water partition coefficient (Wildman–Crippen LogP) is 3.60. The molecule has 0 saturated carbocycles. The molecule has 1 fully saturated rings. The van der Waals surface area contributed by atoms with E-state index in [1.165, 1.54) is 18.2 Å². The zero-order chi connectivity index (χ0) is 16.4. The average Bonchev–Trinajstić information content (AvgIpc) is 3.17. The Labute approximate surface area is 139 Å². The largest absolute Gasteiger partial charge is 0.459 e. The number of amides is 1. The molecule has 0 aromatic carbocycles. The molecule has 2 aromatic heterocycles. The quantitative estimate of drug-likeness (QED) is 0.795. The molecule has 1 aliphatic rings. The smallest absolute Gasteiger partial charge is 0.284 e. The lowest BCUT2D eigenvalue weighted by atomic mass is 9.97. The van der Waals surface area contributed by atoms with Crippen LogP contribution in [0.1, 0.15) is 40.0 Å². The second-order valence-corrected chi connectivity index (χ2v) is 7.28. The first-order chi connectivity index (χ1) is 11.1. The minimum atomic E-state index is -0.261. The topological polar surface area (TPSA) is 72.4 Å². The molecule has 0 N–H and O–H groups in total. The molecule has 3 rings (SSSR count). The predicted molar refractivity (Wildman–Crippen MR) is 86.9 cm³/mol. The summed E-state index contributed by atoms with van der Waals surface area (Å²) in [6.45, 7) is 6.12. The summed E-state index contributed by atoms with van der Waals surface area (Å²) >= 11 is 1.29. The van der Waals surface area contributed by atoms with E-state index in [1.807, 2.05) is 11.8 Å². The Kier molecular flexibility index (Phi) is 4.75. The first kappa shape index (κ1) is 16.1. The molecule has 3 heterocycles. The normalized spacial score (nSPS) is 23.0. The number of hydrogen-bond donors (Lipinski definition) is 0. The fraction of sp³-hybridized carbons (Fsp3) is 0.562. The van der Waals surface area contributed by atoms with E-state index in [9.17, 15) is 4.79 Å². The van der Waals surface area contributed by atoms with E-state index in [2.05, 4.69) is 24.0 Å². The standard InChI is InChI=1S/C16H21N3O3S/c1-10-6-4-7-11(2)19(10)15(20)12(3)23-16-18-17-14(22-16)13-8-5-9-21-13/h5,8-12H,4,6-7H2,1-3H3/t10-,11-,12-/m1/s1. The molecule has 0 bridgehead atoms. The molecule has 0 unspecified atom stereocenters. The lowest BCUT2D eigenvalue weighted by Crippen LogP contribution is -2.50. The Hall–Kier alpha value is -1.76. The Balaban J connectivity index is 1.66. The number of aromatic nitrogens is 2.